The maximum Gasteiger partial charge on any atom is 0.573 e. The summed E-state index contributed by atoms with van der Waals surface area (Å²) in [5.41, 5.74) is 1.21. The Morgan fingerprint density at radius 3 is 2.33 bits per heavy atom. The van der Waals surface area contributed by atoms with Crippen molar-refractivity contribution in [3.63, 3.8) is 0 Å². The second kappa shape index (κ2) is 10.8. The average molecular weight is 567 g/mol. The van der Waals surface area contributed by atoms with Gasteiger partial charge in [-0.05, 0) is 87.5 Å². The molecule has 0 radical (unpaired) electrons. The van der Waals surface area contributed by atoms with Crippen LogP contribution in [-0.2, 0) is 4.74 Å². The summed E-state index contributed by atoms with van der Waals surface area (Å²) in [7, 11) is 0. The Morgan fingerprint density at radius 1 is 1.03 bits per heavy atom. The second-order valence-electron chi connectivity index (χ2n) is 11.4. The molecule has 0 unspecified atom stereocenters. The van der Waals surface area contributed by atoms with E-state index in [4.69, 9.17) is 16.3 Å². The van der Waals surface area contributed by atoms with E-state index < -0.39 is 6.36 Å². The SMILES string of the molecule is O=c1c(Cl)c(NC[C@@H]2COC[C@H]3CC[C@H]32)cnn1C1CCC(N(c2ccc(OC(F)(F)F)cc2)C2CC2)CC1. The van der Waals surface area contributed by atoms with Gasteiger partial charge in [0.05, 0.1) is 24.5 Å². The van der Waals surface area contributed by atoms with Gasteiger partial charge in [-0.15, -0.1) is 13.2 Å². The van der Waals surface area contributed by atoms with Crippen molar-refractivity contribution in [1.82, 2.24) is 9.78 Å². The van der Waals surface area contributed by atoms with E-state index in [2.05, 4.69) is 20.1 Å². The summed E-state index contributed by atoms with van der Waals surface area (Å²) in [5, 5.41) is 8.02. The van der Waals surface area contributed by atoms with Gasteiger partial charge in [0.15, 0.2) is 0 Å². The zero-order valence-corrected chi connectivity index (χ0v) is 22.5. The van der Waals surface area contributed by atoms with Crippen molar-refractivity contribution in [1.29, 1.82) is 0 Å². The number of nitrogens with zero attached hydrogens (tertiary/aromatic N) is 3. The maximum atomic E-state index is 13.2. The summed E-state index contributed by atoms with van der Waals surface area (Å²) in [6.07, 6.45) is 4.86. The van der Waals surface area contributed by atoms with E-state index in [0.29, 0.717) is 29.5 Å². The molecule has 212 valence electrons. The monoisotopic (exact) mass is 566 g/mol. The highest BCUT2D eigenvalue weighted by Gasteiger charge is 2.40. The van der Waals surface area contributed by atoms with Crippen molar-refractivity contribution in [2.75, 3.05) is 30.0 Å². The van der Waals surface area contributed by atoms with Gasteiger partial charge in [-0.1, -0.05) is 11.6 Å². The second-order valence-corrected chi connectivity index (χ2v) is 11.8. The Hall–Kier alpha value is -2.46. The molecule has 2 aromatic rings. The largest absolute Gasteiger partial charge is 0.573 e. The molecule has 2 heterocycles. The molecule has 11 heteroatoms. The summed E-state index contributed by atoms with van der Waals surface area (Å²) < 4.78 is 48.9. The van der Waals surface area contributed by atoms with Crippen molar-refractivity contribution >= 4 is 23.0 Å². The van der Waals surface area contributed by atoms with Crippen LogP contribution in [0.1, 0.15) is 57.4 Å². The van der Waals surface area contributed by atoms with Crippen LogP contribution >= 0.6 is 11.6 Å². The Kier molecular flexibility index (Phi) is 7.43. The highest BCUT2D eigenvalue weighted by molar-refractivity contribution is 6.32. The standard InChI is InChI=1S/C28H34ClF3N4O3/c29-26-25(33-13-18-16-38-15-17-1-12-24(17)18)14-34-36(27(26)37)22-6-4-20(5-7-22)35(19-2-3-19)21-8-10-23(11-9-21)39-28(30,31)32/h8-11,14,17-20,22,24,33H,1-7,12-13,15-16H2/t17-,18-,20?,22?,24-/m1/s1. The number of alkyl halides is 3. The molecule has 1 aromatic heterocycles. The Bertz CT molecular complexity index is 1210. The van der Waals surface area contributed by atoms with Gasteiger partial charge in [-0.2, -0.15) is 5.10 Å². The maximum absolute atomic E-state index is 13.2. The van der Waals surface area contributed by atoms with E-state index in [-0.39, 0.29) is 28.4 Å². The van der Waals surface area contributed by atoms with Gasteiger partial charge in [0.25, 0.3) is 5.56 Å². The highest BCUT2D eigenvalue weighted by Crippen LogP contribution is 2.43. The molecule has 39 heavy (non-hydrogen) atoms. The lowest BCUT2D eigenvalue weighted by Gasteiger charge is -2.45. The van der Waals surface area contributed by atoms with Crippen molar-refractivity contribution in [3.8, 4) is 5.75 Å². The number of rotatable bonds is 8. The molecule has 7 nitrogen and oxygen atoms in total. The van der Waals surface area contributed by atoms with Crippen molar-refractivity contribution in [2.24, 2.45) is 17.8 Å². The first-order valence-corrected chi connectivity index (χ1v) is 14.4. The van der Waals surface area contributed by atoms with E-state index >= 15 is 0 Å². The van der Waals surface area contributed by atoms with Crippen LogP contribution in [0.25, 0.3) is 0 Å². The van der Waals surface area contributed by atoms with E-state index in [9.17, 15) is 18.0 Å². The predicted molar refractivity (Wildman–Crippen MR) is 142 cm³/mol. The van der Waals surface area contributed by atoms with Crippen LogP contribution in [0, 0.1) is 17.8 Å². The first kappa shape index (κ1) is 26.7. The minimum atomic E-state index is -4.70. The molecule has 6 rings (SSSR count). The van der Waals surface area contributed by atoms with Gasteiger partial charge in [-0.3, -0.25) is 4.79 Å². The van der Waals surface area contributed by atoms with E-state index in [1.54, 1.807) is 18.3 Å². The lowest BCUT2D eigenvalue weighted by Crippen LogP contribution is -2.45. The van der Waals surface area contributed by atoms with E-state index in [0.717, 1.165) is 64.0 Å². The molecule has 4 aliphatic rings. The number of hydrogen-bond donors (Lipinski definition) is 1. The molecule has 0 bridgehead atoms. The molecule has 4 fully saturated rings. The average Bonchev–Trinajstić information content (AvgIpc) is 3.72. The summed E-state index contributed by atoms with van der Waals surface area (Å²) in [5.74, 6) is 1.56. The topological polar surface area (TPSA) is 68.6 Å². The molecule has 3 aliphatic carbocycles. The fourth-order valence-electron chi connectivity index (χ4n) is 6.67. The number of benzene rings is 1. The highest BCUT2D eigenvalue weighted by atomic mass is 35.5. The van der Waals surface area contributed by atoms with Gasteiger partial charge in [0, 0.05) is 36.8 Å². The molecule has 1 aromatic carbocycles. The Balaban J connectivity index is 1.07. The fraction of sp³-hybridized carbons (Fsp3) is 0.643. The van der Waals surface area contributed by atoms with Crippen molar-refractivity contribution in [2.45, 2.75) is 75.9 Å². The Morgan fingerprint density at radius 2 is 1.72 bits per heavy atom. The predicted octanol–water partition coefficient (Wildman–Crippen LogP) is 6.03. The third-order valence-electron chi connectivity index (χ3n) is 8.96. The number of hydrogen-bond acceptors (Lipinski definition) is 6. The van der Waals surface area contributed by atoms with E-state index in [1.165, 1.54) is 29.7 Å². The first-order chi connectivity index (χ1) is 18.8. The molecule has 1 aliphatic heterocycles. The first-order valence-electron chi connectivity index (χ1n) is 14.0. The number of ether oxygens (including phenoxy) is 2. The van der Waals surface area contributed by atoms with Crippen LogP contribution in [0.15, 0.2) is 35.3 Å². The zero-order chi connectivity index (χ0) is 27.1. The van der Waals surface area contributed by atoms with Crippen LogP contribution in [0.3, 0.4) is 0 Å². The summed E-state index contributed by atoms with van der Waals surface area (Å²) in [4.78, 5) is 15.5. The number of nitrogens with one attached hydrogen (secondary N) is 1. The molecule has 3 atom stereocenters. The normalized spacial score (nSPS) is 28.8. The molecular formula is C28H34ClF3N4O3. The zero-order valence-electron chi connectivity index (χ0n) is 21.7. The van der Waals surface area contributed by atoms with Gasteiger partial charge >= 0.3 is 6.36 Å². The van der Waals surface area contributed by atoms with Crippen LogP contribution < -0.4 is 20.5 Å². The minimum absolute atomic E-state index is 0.0357. The summed E-state index contributed by atoms with van der Waals surface area (Å²) >= 11 is 6.52. The van der Waals surface area contributed by atoms with Crippen molar-refractivity contribution in [3.05, 3.63) is 45.8 Å². The number of halogens is 4. The fourth-order valence-corrected chi connectivity index (χ4v) is 6.87. The third-order valence-corrected chi connectivity index (χ3v) is 9.32. The van der Waals surface area contributed by atoms with Gasteiger partial charge in [0.1, 0.15) is 10.8 Å². The molecule has 3 saturated carbocycles. The lowest BCUT2D eigenvalue weighted by molar-refractivity contribution is -0.274. The number of aromatic nitrogens is 2. The van der Waals surface area contributed by atoms with Crippen LogP contribution in [0.4, 0.5) is 24.5 Å². The van der Waals surface area contributed by atoms with Gasteiger partial charge < -0.3 is 19.7 Å². The van der Waals surface area contributed by atoms with Gasteiger partial charge in [0.2, 0.25) is 0 Å². The minimum Gasteiger partial charge on any atom is -0.406 e. The van der Waals surface area contributed by atoms with Crippen LogP contribution in [0.5, 0.6) is 5.75 Å². The third kappa shape index (κ3) is 5.87. The lowest BCUT2D eigenvalue weighted by atomic mass is 9.66. The quantitative estimate of drug-likeness (QED) is 0.421. The van der Waals surface area contributed by atoms with Crippen LogP contribution in [-0.4, -0.2) is 48.0 Å². The summed E-state index contributed by atoms with van der Waals surface area (Å²) in [6.45, 7) is 2.32. The molecule has 1 saturated heterocycles. The summed E-state index contributed by atoms with van der Waals surface area (Å²) in [6, 6.07) is 6.76. The van der Waals surface area contributed by atoms with Gasteiger partial charge in [-0.25, -0.2) is 4.68 Å². The van der Waals surface area contributed by atoms with E-state index in [1.807, 2.05) is 0 Å². The number of fused-ring (bicyclic) bond motifs is 1. The molecule has 1 N–H and O–H groups in total. The smallest absolute Gasteiger partial charge is 0.406 e. The molecule has 0 spiro atoms. The van der Waals surface area contributed by atoms with Crippen LogP contribution in [0.2, 0.25) is 5.02 Å². The molecular weight excluding hydrogens is 533 g/mol. The Labute approximate surface area is 230 Å². The number of anilines is 2. The molecule has 0 amide bonds. The van der Waals surface area contributed by atoms with Crippen molar-refractivity contribution < 1.29 is 22.6 Å².